The lowest BCUT2D eigenvalue weighted by atomic mass is 9.96. The number of rotatable bonds is 12. The molecule has 1 saturated heterocycles. The SMILES string of the molecule is COc1nc(N)nc2c1nc(I)n2[C@@H]1OC(COP(=O)(N[C@@H](C)C(=O)OCc2ccc(F)cc2F)Oc2cccc3ncccc23)[C@@H](O)[C@@]1(C)O. The summed E-state index contributed by atoms with van der Waals surface area (Å²) < 4.78 is 71.8. The largest absolute Gasteiger partial charge is 0.479 e. The number of esters is 1. The molecule has 1 fully saturated rings. The molecule has 270 valence electrons. The Balaban J connectivity index is 1.25. The molecule has 6 atom stereocenters. The third kappa shape index (κ3) is 7.46. The smallest absolute Gasteiger partial charge is 0.459 e. The molecule has 0 amide bonds. The fraction of sp³-hybridized carbons (Fsp3) is 0.323. The number of ether oxygens (including phenoxy) is 3. The van der Waals surface area contributed by atoms with Crippen molar-refractivity contribution in [3.8, 4) is 11.6 Å². The van der Waals surface area contributed by atoms with Crippen molar-refractivity contribution >= 4 is 64.3 Å². The van der Waals surface area contributed by atoms with Crippen molar-refractivity contribution in [2.24, 2.45) is 0 Å². The highest BCUT2D eigenvalue weighted by Crippen LogP contribution is 2.49. The molecule has 20 heteroatoms. The van der Waals surface area contributed by atoms with E-state index in [1.165, 1.54) is 31.6 Å². The quantitative estimate of drug-likeness (QED) is 0.0609. The van der Waals surface area contributed by atoms with Crippen LogP contribution in [0.25, 0.3) is 22.1 Å². The van der Waals surface area contributed by atoms with Crippen molar-refractivity contribution in [2.75, 3.05) is 19.5 Å². The van der Waals surface area contributed by atoms with Crippen LogP contribution < -0.4 is 20.1 Å². The number of benzene rings is 2. The Bertz CT molecular complexity index is 2150. The van der Waals surface area contributed by atoms with E-state index in [1.807, 2.05) is 22.6 Å². The minimum absolute atomic E-state index is 0.0776. The fourth-order valence-electron chi connectivity index (χ4n) is 5.39. The van der Waals surface area contributed by atoms with E-state index in [0.29, 0.717) is 17.0 Å². The topological polar surface area (TPSA) is 215 Å². The van der Waals surface area contributed by atoms with E-state index in [4.69, 9.17) is 29.0 Å². The molecule has 51 heavy (non-hydrogen) atoms. The first kappa shape index (κ1) is 36.7. The number of aliphatic hydroxyl groups is 2. The highest BCUT2D eigenvalue weighted by Gasteiger charge is 2.55. The van der Waals surface area contributed by atoms with Crippen LogP contribution in [0.3, 0.4) is 0 Å². The Morgan fingerprint density at radius 2 is 2.00 bits per heavy atom. The van der Waals surface area contributed by atoms with E-state index >= 15 is 0 Å². The van der Waals surface area contributed by atoms with Crippen molar-refractivity contribution in [3.63, 3.8) is 0 Å². The zero-order valence-corrected chi connectivity index (χ0v) is 30.1. The predicted molar refractivity (Wildman–Crippen MR) is 184 cm³/mol. The summed E-state index contributed by atoms with van der Waals surface area (Å²) in [6, 6.07) is 9.57. The van der Waals surface area contributed by atoms with E-state index in [0.717, 1.165) is 12.1 Å². The molecule has 0 bridgehead atoms. The van der Waals surface area contributed by atoms with E-state index < -0.39 is 68.6 Å². The zero-order chi connectivity index (χ0) is 36.7. The lowest BCUT2D eigenvalue weighted by molar-refractivity contribution is -0.146. The van der Waals surface area contributed by atoms with Gasteiger partial charge in [-0.05, 0) is 50.2 Å². The van der Waals surface area contributed by atoms with Gasteiger partial charge < -0.3 is 34.7 Å². The third-order valence-corrected chi connectivity index (χ3v) is 10.4. The number of hydrogen-bond acceptors (Lipinski definition) is 14. The number of methoxy groups -OCH3 is 1. The number of fused-ring (bicyclic) bond motifs is 2. The van der Waals surface area contributed by atoms with Gasteiger partial charge in [0.15, 0.2) is 21.2 Å². The van der Waals surface area contributed by atoms with E-state index in [2.05, 4.69) is 25.0 Å². The van der Waals surface area contributed by atoms with Gasteiger partial charge in [-0.3, -0.25) is 18.9 Å². The van der Waals surface area contributed by atoms with E-state index in [9.17, 15) is 28.4 Å². The van der Waals surface area contributed by atoms with Crippen LogP contribution in [0, 0.1) is 15.5 Å². The summed E-state index contributed by atoms with van der Waals surface area (Å²) in [5, 5.41) is 25.8. The normalized spacial score (nSPS) is 22.2. The summed E-state index contributed by atoms with van der Waals surface area (Å²) in [7, 11) is -3.21. The van der Waals surface area contributed by atoms with Crippen molar-refractivity contribution in [1.29, 1.82) is 0 Å². The Hall–Kier alpha value is -4.11. The number of pyridine rings is 1. The molecule has 0 radical (unpaired) electrons. The minimum atomic E-state index is -4.58. The molecule has 0 saturated carbocycles. The zero-order valence-electron chi connectivity index (χ0n) is 27.1. The molecule has 2 unspecified atom stereocenters. The first-order valence-corrected chi connectivity index (χ1v) is 17.8. The number of nitrogen functional groups attached to an aromatic ring is 1. The van der Waals surface area contributed by atoms with Gasteiger partial charge in [0.2, 0.25) is 11.8 Å². The summed E-state index contributed by atoms with van der Waals surface area (Å²) in [5.41, 5.74) is 4.68. The molecule has 5 N–H and O–H groups in total. The van der Waals surface area contributed by atoms with Crippen LogP contribution in [0.4, 0.5) is 14.7 Å². The lowest BCUT2D eigenvalue weighted by Gasteiger charge is -2.28. The monoisotopic (exact) mass is 841 g/mol. The third-order valence-electron chi connectivity index (χ3n) is 7.99. The number of nitrogens with zero attached hydrogens (tertiary/aromatic N) is 5. The van der Waals surface area contributed by atoms with Gasteiger partial charge in [0.05, 0.1) is 19.2 Å². The second-order valence-electron chi connectivity index (χ2n) is 11.6. The van der Waals surface area contributed by atoms with Crippen LogP contribution in [0.1, 0.15) is 25.6 Å². The molecule has 1 aliphatic rings. The standard InChI is InChI=1S/C31H31F2IN7O9P/c1-15(27(43)47-13-16-9-10-17(32)12-19(16)33)40-51(45,50-21-8-4-7-20-18(21)6-5-11-36-20)48-14-22-24(42)31(2,44)28(49-22)41-25-23(37-29(41)34)26(46-3)39-30(35)38-25/h4-12,15,22,24,28,42,44H,13-14H2,1-3H3,(H,40,45)(H2,35,38,39)/t15-,22?,24+,28+,31+,51?/m0/s1. The van der Waals surface area contributed by atoms with Gasteiger partial charge in [-0.2, -0.15) is 15.1 Å². The highest BCUT2D eigenvalue weighted by molar-refractivity contribution is 14.1. The highest BCUT2D eigenvalue weighted by atomic mass is 127. The molecule has 5 aromatic rings. The van der Waals surface area contributed by atoms with Gasteiger partial charge >= 0.3 is 13.7 Å². The van der Waals surface area contributed by atoms with Crippen LogP contribution in [0.5, 0.6) is 11.6 Å². The summed E-state index contributed by atoms with van der Waals surface area (Å²) in [6.07, 6.45) is -2.70. The Morgan fingerprint density at radius 1 is 1.22 bits per heavy atom. The average molecular weight is 842 g/mol. The summed E-state index contributed by atoms with van der Waals surface area (Å²) in [5.74, 6) is -2.66. The first-order valence-electron chi connectivity index (χ1n) is 15.2. The van der Waals surface area contributed by atoms with Crippen LogP contribution in [-0.2, 0) is 30.0 Å². The van der Waals surface area contributed by atoms with Crippen LogP contribution in [0.2, 0.25) is 0 Å². The van der Waals surface area contributed by atoms with Crippen LogP contribution >= 0.6 is 30.3 Å². The fourth-order valence-corrected chi connectivity index (χ4v) is 7.63. The number of nitrogens with two attached hydrogens (primary N) is 1. The molecule has 4 heterocycles. The predicted octanol–water partition coefficient (Wildman–Crippen LogP) is 3.78. The number of hydrogen-bond donors (Lipinski definition) is 4. The lowest BCUT2D eigenvalue weighted by Crippen LogP contribution is -2.45. The first-order chi connectivity index (χ1) is 24.2. The summed E-state index contributed by atoms with van der Waals surface area (Å²) in [6.45, 7) is 1.46. The van der Waals surface area contributed by atoms with E-state index in [-0.39, 0.29) is 38.1 Å². The van der Waals surface area contributed by atoms with Gasteiger partial charge in [0.1, 0.15) is 47.8 Å². The number of aliphatic hydroxyl groups excluding tert-OH is 1. The summed E-state index contributed by atoms with van der Waals surface area (Å²) >= 11 is 1.89. The Kier molecular flexibility index (Phi) is 10.4. The molecule has 2 aromatic carbocycles. The van der Waals surface area contributed by atoms with Crippen molar-refractivity contribution < 1.29 is 51.6 Å². The van der Waals surface area contributed by atoms with Crippen molar-refractivity contribution in [1.82, 2.24) is 29.6 Å². The average Bonchev–Trinajstić information content (AvgIpc) is 3.52. The second-order valence-corrected chi connectivity index (χ2v) is 14.3. The maximum atomic E-state index is 14.4. The number of aromatic nitrogens is 5. The number of anilines is 1. The number of carbonyl (C=O) groups is 1. The molecule has 0 aliphatic carbocycles. The molecule has 3 aromatic heterocycles. The number of nitrogens with one attached hydrogen (secondary N) is 1. The van der Waals surface area contributed by atoms with Crippen molar-refractivity contribution in [2.45, 2.75) is 50.5 Å². The molecular weight excluding hydrogens is 810 g/mol. The van der Waals surface area contributed by atoms with Gasteiger partial charge in [-0.25, -0.2) is 18.3 Å². The molecule has 16 nitrogen and oxygen atoms in total. The van der Waals surface area contributed by atoms with Gasteiger partial charge in [-0.1, -0.05) is 6.07 Å². The number of carbonyl (C=O) groups excluding carboxylic acids is 1. The van der Waals surface area contributed by atoms with Gasteiger partial charge in [0.25, 0.3) is 0 Å². The number of halogens is 3. The van der Waals surface area contributed by atoms with Gasteiger partial charge in [-0.15, -0.1) is 0 Å². The van der Waals surface area contributed by atoms with E-state index in [1.54, 1.807) is 30.5 Å². The van der Waals surface area contributed by atoms with Crippen LogP contribution in [-0.4, -0.2) is 78.3 Å². The van der Waals surface area contributed by atoms with Crippen molar-refractivity contribution in [3.05, 3.63) is 75.8 Å². The maximum absolute atomic E-state index is 14.4. The van der Waals surface area contributed by atoms with Crippen LogP contribution in [0.15, 0.2) is 54.7 Å². The Labute approximate surface area is 302 Å². The maximum Gasteiger partial charge on any atom is 0.459 e. The molecule has 1 aliphatic heterocycles. The Morgan fingerprint density at radius 3 is 2.75 bits per heavy atom. The molecule has 6 rings (SSSR count). The molecular formula is C31H31F2IN7O9P. The van der Waals surface area contributed by atoms with Gasteiger partial charge in [0, 0.05) is 45.8 Å². The summed E-state index contributed by atoms with van der Waals surface area (Å²) in [4.78, 5) is 29.9. The number of imidazole rings is 1. The minimum Gasteiger partial charge on any atom is -0.479 e. The second kappa shape index (κ2) is 14.5. The molecule has 0 spiro atoms.